The lowest BCUT2D eigenvalue weighted by molar-refractivity contribution is 0.742. The third kappa shape index (κ3) is 3.96. The number of fused-ring (bicyclic) bond motifs is 13. The Morgan fingerprint density at radius 2 is 1.16 bits per heavy atom. The maximum absolute atomic E-state index is 5.71. The van der Waals surface area contributed by atoms with Crippen molar-refractivity contribution in [1.29, 1.82) is 0 Å². The molecule has 2 nitrogen and oxygen atoms in total. The van der Waals surface area contributed by atoms with Gasteiger partial charge in [-0.1, -0.05) is 133 Å². The van der Waals surface area contributed by atoms with Crippen molar-refractivity contribution in [3.63, 3.8) is 0 Å². The lowest BCUT2D eigenvalue weighted by Gasteiger charge is -2.28. The van der Waals surface area contributed by atoms with Gasteiger partial charge in [-0.15, -0.1) is 22.7 Å². The number of pyridine rings is 1. The van der Waals surface area contributed by atoms with Crippen LogP contribution in [0, 0.1) is 0 Å². The van der Waals surface area contributed by atoms with Crippen LogP contribution in [-0.4, -0.2) is 11.0 Å². The van der Waals surface area contributed by atoms with E-state index in [0.717, 1.165) is 17.1 Å². The van der Waals surface area contributed by atoms with Gasteiger partial charge in [0.2, 0.25) is 0 Å². The molecule has 0 amide bonds. The molecule has 0 saturated carbocycles. The number of rotatable bonds is 3. The SMILES string of the molecule is C1=CC2c3c(c4c5ccccc5sc4c4ccccc34)N(c3cc4c(sc5ccccc54)c(-c4cccc(-c5ccccc5)c4)n3)C2C=C1. The second-order valence-electron chi connectivity index (χ2n) is 13.0. The van der Waals surface area contributed by atoms with Crippen molar-refractivity contribution in [2.24, 2.45) is 0 Å². The molecule has 0 spiro atoms. The Balaban J connectivity index is 1.25. The number of benzene rings is 6. The quantitative estimate of drug-likeness (QED) is 0.187. The number of aromatic nitrogens is 1. The van der Waals surface area contributed by atoms with E-state index in [-0.39, 0.29) is 12.0 Å². The predicted octanol–water partition coefficient (Wildman–Crippen LogP) is 13.0. The second kappa shape index (κ2) is 10.5. The van der Waals surface area contributed by atoms with Crippen molar-refractivity contribution in [3.05, 3.63) is 163 Å². The van der Waals surface area contributed by atoms with Gasteiger partial charge in [-0.25, -0.2) is 4.98 Å². The summed E-state index contributed by atoms with van der Waals surface area (Å²) in [5.41, 5.74) is 7.29. The van der Waals surface area contributed by atoms with Crippen molar-refractivity contribution < 1.29 is 0 Å². The molecule has 230 valence electrons. The molecule has 0 fully saturated rings. The summed E-state index contributed by atoms with van der Waals surface area (Å²) in [6.45, 7) is 0. The van der Waals surface area contributed by atoms with E-state index in [9.17, 15) is 0 Å². The summed E-state index contributed by atoms with van der Waals surface area (Å²) in [4.78, 5) is 8.28. The van der Waals surface area contributed by atoms with Crippen molar-refractivity contribution in [2.75, 3.05) is 4.90 Å². The number of hydrogen-bond acceptors (Lipinski definition) is 4. The zero-order valence-corrected chi connectivity index (χ0v) is 28.0. The van der Waals surface area contributed by atoms with E-state index < -0.39 is 0 Å². The van der Waals surface area contributed by atoms with Gasteiger partial charge in [-0.05, 0) is 51.7 Å². The topological polar surface area (TPSA) is 16.1 Å². The van der Waals surface area contributed by atoms with Crippen LogP contribution in [0.25, 0.3) is 73.5 Å². The van der Waals surface area contributed by atoms with Gasteiger partial charge in [-0.3, -0.25) is 0 Å². The molecule has 2 atom stereocenters. The fraction of sp³-hybridized carbons (Fsp3) is 0.0444. The first-order valence-corrected chi connectivity index (χ1v) is 18.4. The molecular formula is C45H28N2S2. The summed E-state index contributed by atoms with van der Waals surface area (Å²) in [5.74, 6) is 1.21. The highest BCUT2D eigenvalue weighted by Crippen LogP contribution is 2.57. The Kier molecular flexibility index (Phi) is 5.86. The summed E-state index contributed by atoms with van der Waals surface area (Å²) in [6.07, 6.45) is 9.23. The van der Waals surface area contributed by atoms with E-state index in [1.54, 1.807) is 0 Å². The molecule has 49 heavy (non-hydrogen) atoms. The summed E-state index contributed by atoms with van der Waals surface area (Å²) in [6, 6.07) is 48.8. The van der Waals surface area contributed by atoms with E-state index in [1.165, 1.54) is 73.5 Å². The average Bonchev–Trinajstić information content (AvgIpc) is 3.85. The highest BCUT2D eigenvalue weighted by Gasteiger charge is 2.42. The normalized spacial score (nSPS) is 16.8. The lowest BCUT2D eigenvalue weighted by Crippen LogP contribution is -2.29. The highest BCUT2D eigenvalue weighted by molar-refractivity contribution is 7.27. The molecule has 4 heterocycles. The second-order valence-corrected chi connectivity index (χ2v) is 15.1. The molecule has 1 aliphatic carbocycles. The molecule has 0 radical (unpaired) electrons. The predicted molar refractivity (Wildman–Crippen MR) is 212 cm³/mol. The van der Waals surface area contributed by atoms with Crippen LogP contribution in [0.1, 0.15) is 11.5 Å². The molecule has 0 saturated heterocycles. The van der Waals surface area contributed by atoms with Crippen LogP contribution in [0.15, 0.2) is 158 Å². The van der Waals surface area contributed by atoms with Gasteiger partial charge >= 0.3 is 0 Å². The molecule has 11 rings (SSSR count). The van der Waals surface area contributed by atoms with E-state index >= 15 is 0 Å². The summed E-state index contributed by atoms with van der Waals surface area (Å²) < 4.78 is 5.19. The van der Waals surface area contributed by atoms with Crippen molar-refractivity contribution in [2.45, 2.75) is 12.0 Å². The number of hydrogen-bond donors (Lipinski definition) is 0. The van der Waals surface area contributed by atoms with Gasteiger partial charge in [-0.2, -0.15) is 0 Å². The van der Waals surface area contributed by atoms with Gasteiger partial charge in [0.1, 0.15) is 5.82 Å². The maximum Gasteiger partial charge on any atom is 0.135 e. The summed E-state index contributed by atoms with van der Waals surface area (Å²) in [7, 11) is 0. The Labute approximate surface area is 291 Å². The molecule has 2 aliphatic rings. The monoisotopic (exact) mass is 660 g/mol. The van der Waals surface area contributed by atoms with E-state index in [2.05, 4.69) is 163 Å². The van der Waals surface area contributed by atoms with Gasteiger partial charge < -0.3 is 4.90 Å². The largest absolute Gasteiger partial charge is 0.318 e. The van der Waals surface area contributed by atoms with Gasteiger partial charge in [0.15, 0.2) is 0 Å². The van der Waals surface area contributed by atoms with Crippen LogP contribution in [0.5, 0.6) is 0 Å². The zero-order valence-electron chi connectivity index (χ0n) is 26.4. The van der Waals surface area contributed by atoms with Gasteiger partial charge in [0, 0.05) is 47.1 Å². The smallest absolute Gasteiger partial charge is 0.135 e. The Morgan fingerprint density at radius 3 is 2.02 bits per heavy atom. The number of thiophene rings is 2. The standard InChI is InChI=1S/C45H28N2S2/c1-2-13-27(14-3-1)28-15-12-16-29(25-28)42-45-35(30-17-7-10-23-37(30)49-45)26-39(46-42)47-36-22-9-6-20-33(36)40-31-18-4-5-19-32(31)44-41(43(40)47)34-21-8-11-24-38(34)48-44/h1-26,33,36H. The van der Waals surface area contributed by atoms with Crippen LogP contribution in [0.2, 0.25) is 0 Å². The molecule has 9 aromatic rings. The summed E-state index contributed by atoms with van der Waals surface area (Å²) >= 11 is 3.76. The van der Waals surface area contributed by atoms with Crippen molar-refractivity contribution in [3.8, 4) is 22.4 Å². The first-order valence-electron chi connectivity index (χ1n) is 16.8. The molecule has 6 aromatic carbocycles. The molecule has 4 heteroatoms. The summed E-state index contributed by atoms with van der Waals surface area (Å²) in [5, 5.41) is 7.89. The van der Waals surface area contributed by atoms with Crippen LogP contribution < -0.4 is 4.90 Å². The third-order valence-corrected chi connectivity index (χ3v) is 12.8. The van der Waals surface area contributed by atoms with E-state index in [4.69, 9.17) is 4.98 Å². The molecule has 0 N–H and O–H groups in total. The molecule has 3 aromatic heterocycles. The minimum atomic E-state index is 0.117. The highest BCUT2D eigenvalue weighted by atomic mass is 32.1. The Hall–Kier alpha value is -5.55. The first kappa shape index (κ1) is 27.4. The molecule has 1 aliphatic heterocycles. The van der Waals surface area contributed by atoms with E-state index in [1.807, 2.05) is 22.7 Å². The van der Waals surface area contributed by atoms with Crippen LogP contribution in [0.4, 0.5) is 11.5 Å². The molecule has 0 bridgehead atoms. The fourth-order valence-corrected chi connectivity index (χ4v) is 10.7. The van der Waals surface area contributed by atoms with Crippen LogP contribution in [-0.2, 0) is 0 Å². The minimum Gasteiger partial charge on any atom is -0.318 e. The van der Waals surface area contributed by atoms with Crippen LogP contribution >= 0.6 is 22.7 Å². The fourth-order valence-electron chi connectivity index (χ4n) is 8.27. The Bertz CT molecular complexity index is 2860. The van der Waals surface area contributed by atoms with Gasteiger partial charge in [0.05, 0.1) is 22.1 Å². The number of allylic oxidation sites excluding steroid dienone is 2. The van der Waals surface area contributed by atoms with Gasteiger partial charge in [0.25, 0.3) is 0 Å². The van der Waals surface area contributed by atoms with Crippen LogP contribution in [0.3, 0.4) is 0 Å². The van der Waals surface area contributed by atoms with Crippen molar-refractivity contribution in [1.82, 2.24) is 4.98 Å². The van der Waals surface area contributed by atoms with Crippen molar-refractivity contribution >= 4 is 85.3 Å². The van der Waals surface area contributed by atoms with E-state index in [0.29, 0.717) is 0 Å². The Morgan fingerprint density at radius 1 is 0.510 bits per heavy atom. The average molecular weight is 661 g/mol. The third-order valence-electron chi connectivity index (χ3n) is 10.4. The number of nitrogens with zero attached hydrogens (tertiary/aromatic N) is 2. The minimum absolute atomic E-state index is 0.117. The zero-order chi connectivity index (χ0) is 32.1. The lowest BCUT2D eigenvalue weighted by atomic mass is 9.87. The number of anilines is 2. The first-order chi connectivity index (χ1) is 24.3. The molecule has 2 unspecified atom stereocenters. The molecular weight excluding hydrogens is 633 g/mol. The maximum atomic E-state index is 5.71.